The van der Waals surface area contributed by atoms with Crippen molar-refractivity contribution in [3.05, 3.63) is 71.6 Å². The molecule has 1 aliphatic carbocycles. The molecule has 128 valence electrons. The average molecular weight is 335 g/mol. The predicted octanol–water partition coefficient (Wildman–Crippen LogP) is 2.95. The number of amides is 2. The Morgan fingerprint density at radius 2 is 1.92 bits per heavy atom. The molecule has 1 aromatic heterocycles. The quantitative estimate of drug-likeness (QED) is 0.825. The van der Waals surface area contributed by atoms with Crippen LogP contribution < -0.4 is 5.73 Å². The predicted molar refractivity (Wildman–Crippen MR) is 96.5 cm³/mol. The summed E-state index contributed by atoms with van der Waals surface area (Å²) >= 11 is 0. The average Bonchev–Trinajstić information content (AvgIpc) is 3.46. The number of aromatic nitrogens is 1. The molecule has 0 radical (unpaired) electrons. The molecule has 0 aliphatic heterocycles. The molecule has 2 aromatic rings. The van der Waals surface area contributed by atoms with Gasteiger partial charge in [0.2, 0.25) is 11.8 Å². The lowest BCUT2D eigenvalue weighted by Crippen LogP contribution is -2.34. The van der Waals surface area contributed by atoms with Crippen molar-refractivity contribution in [3.8, 4) is 0 Å². The molecule has 2 N–H and O–H groups in total. The van der Waals surface area contributed by atoms with Gasteiger partial charge in [-0.3, -0.25) is 14.6 Å². The zero-order valence-electron chi connectivity index (χ0n) is 14.1. The van der Waals surface area contributed by atoms with E-state index in [1.807, 2.05) is 30.0 Å². The zero-order chi connectivity index (χ0) is 17.8. The summed E-state index contributed by atoms with van der Waals surface area (Å²) in [4.78, 5) is 30.1. The van der Waals surface area contributed by atoms with E-state index in [2.05, 4.69) is 4.98 Å². The maximum Gasteiger partial charge on any atom is 0.248 e. The molecule has 1 saturated carbocycles. The minimum atomic E-state index is -0.462. The standard InChI is InChI=1S/C20H21N3O2/c1-14(18-4-2-3-13-22-18)23(17-10-11-17)19(24)12-7-15-5-8-16(9-6-15)20(21)25/h2-9,12-14,17H,10-11H2,1H3,(H2,21,25). The van der Waals surface area contributed by atoms with Gasteiger partial charge in [0.1, 0.15) is 0 Å². The van der Waals surface area contributed by atoms with Gasteiger partial charge in [-0.05, 0) is 55.7 Å². The highest BCUT2D eigenvalue weighted by molar-refractivity contribution is 5.94. The van der Waals surface area contributed by atoms with Crippen molar-refractivity contribution in [2.75, 3.05) is 0 Å². The highest BCUT2D eigenvalue weighted by Crippen LogP contribution is 2.34. The molecular weight excluding hydrogens is 314 g/mol. The molecule has 5 heteroatoms. The highest BCUT2D eigenvalue weighted by atomic mass is 16.2. The van der Waals surface area contributed by atoms with Crippen molar-refractivity contribution in [3.63, 3.8) is 0 Å². The maximum absolute atomic E-state index is 12.7. The van der Waals surface area contributed by atoms with Crippen molar-refractivity contribution in [2.45, 2.75) is 31.8 Å². The van der Waals surface area contributed by atoms with Crippen LogP contribution in [0.4, 0.5) is 0 Å². The summed E-state index contributed by atoms with van der Waals surface area (Å²) in [5.74, 6) is -0.490. The Morgan fingerprint density at radius 1 is 1.20 bits per heavy atom. The highest BCUT2D eigenvalue weighted by Gasteiger charge is 2.35. The van der Waals surface area contributed by atoms with E-state index in [9.17, 15) is 9.59 Å². The lowest BCUT2D eigenvalue weighted by atomic mass is 10.1. The zero-order valence-corrected chi connectivity index (χ0v) is 14.1. The van der Waals surface area contributed by atoms with E-state index in [1.165, 1.54) is 0 Å². The maximum atomic E-state index is 12.7. The van der Waals surface area contributed by atoms with Crippen LogP contribution in [-0.2, 0) is 4.79 Å². The van der Waals surface area contributed by atoms with Crippen molar-refractivity contribution in [1.82, 2.24) is 9.88 Å². The smallest absolute Gasteiger partial charge is 0.248 e. The van der Waals surface area contributed by atoms with Crippen molar-refractivity contribution < 1.29 is 9.59 Å². The van der Waals surface area contributed by atoms with Gasteiger partial charge in [0.15, 0.2) is 0 Å². The first-order chi connectivity index (χ1) is 12.1. The van der Waals surface area contributed by atoms with Gasteiger partial charge in [-0.2, -0.15) is 0 Å². The van der Waals surface area contributed by atoms with E-state index in [4.69, 9.17) is 5.73 Å². The van der Waals surface area contributed by atoms with Gasteiger partial charge in [-0.25, -0.2) is 0 Å². The monoisotopic (exact) mass is 335 g/mol. The first-order valence-electron chi connectivity index (χ1n) is 8.37. The number of pyridine rings is 1. The number of hydrogen-bond acceptors (Lipinski definition) is 3. The molecule has 2 amide bonds. The minimum Gasteiger partial charge on any atom is -0.366 e. The summed E-state index contributed by atoms with van der Waals surface area (Å²) in [7, 11) is 0. The minimum absolute atomic E-state index is 0.0281. The third-order valence-electron chi connectivity index (χ3n) is 4.34. The lowest BCUT2D eigenvalue weighted by Gasteiger charge is -2.28. The molecule has 0 spiro atoms. The number of carbonyl (C=O) groups excluding carboxylic acids is 2. The van der Waals surface area contributed by atoms with Gasteiger partial charge >= 0.3 is 0 Å². The molecule has 1 unspecified atom stereocenters. The van der Waals surface area contributed by atoms with Crippen LogP contribution in [-0.4, -0.2) is 27.7 Å². The van der Waals surface area contributed by atoms with Gasteiger partial charge < -0.3 is 10.6 Å². The first-order valence-corrected chi connectivity index (χ1v) is 8.37. The molecule has 1 fully saturated rings. The summed E-state index contributed by atoms with van der Waals surface area (Å²) in [5.41, 5.74) is 7.42. The van der Waals surface area contributed by atoms with Gasteiger partial charge in [0.25, 0.3) is 0 Å². The van der Waals surface area contributed by atoms with E-state index in [0.29, 0.717) is 5.56 Å². The number of primary amides is 1. The van der Waals surface area contributed by atoms with E-state index in [1.54, 1.807) is 42.6 Å². The third-order valence-corrected chi connectivity index (χ3v) is 4.34. The fraction of sp³-hybridized carbons (Fsp3) is 0.250. The fourth-order valence-electron chi connectivity index (χ4n) is 2.82. The summed E-state index contributed by atoms with van der Waals surface area (Å²) < 4.78 is 0. The van der Waals surface area contributed by atoms with Crippen LogP contribution in [0.5, 0.6) is 0 Å². The fourth-order valence-corrected chi connectivity index (χ4v) is 2.82. The Hall–Kier alpha value is -2.95. The van der Waals surface area contributed by atoms with Crippen LogP contribution in [0.15, 0.2) is 54.7 Å². The van der Waals surface area contributed by atoms with E-state index in [0.717, 1.165) is 24.1 Å². The van der Waals surface area contributed by atoms with Crippen molar-refractivity contribution in [2.24, 2.45) is 5.73 Å². The molecule has 1 heterocycles. The van der Waals surface area contributed by atoms with Crippen LogP contribution in [0.25, 0.3) is 6.08 Å². The molecular formula is C20H21N3O2. The number of carbonyl (C=O) groups is 2. The number of benzene rings is 1. The van der Waals surface area contributed by atoms with Crippen LogP contribution in [0.1, 0.15) is 47.4 Å². The normalized spacial score (nSPS) is 15.1. The summed E-state index contributed by atoms with van der Waals surface area (Å²) in [6, 6.07) is 12.8. The SMILES string of the molecule is CC(c1ccccn1)N(C(=O)C=Cc1ccc(C(N)=O)cc1)C1CC1. The van der Waals surface area contributed by atoms with Gasteiger partial charge in [0.05, 0.1) is 11.7 Å². The van der Waals surface area contributed by atoms with Crippen LogP contribution >= 0.6 is 0 Å². The second-order valence-electron chi connectivity index (χ2n) is 6.23. The Balaban J connectivity index is 1.74. The van der Waals surface area contributed by atoms with Gasteiger partial charge in [-0.15, -0.1) is 0 Å². The van der Waals surface area contributed by atoms with Crippen LogP contribution in [0.2, 0.25) is 0 Å². The summed E-state index contributed by atoms with van der Waals surface area (Å²) in [5, 5.41) is 0. The molecule has 0 bridgehead atoms. The largest absolute Gasteiger partial charge is 0.366 e. The molecule has 0 saturated heterocycles. The summed E-state index contributed by atoms with van der Waals surface area (Å²) in [6.45, 7) is 2.01. The molecule has 1 aromatic carbocycles. The Morgan fingerprint density at radius 3 is 2.48 bits per heavy atom. The number of rotatable bonds is 6. The van der Waals surface area contributed by atoms with Crippen molar-refractivity contribution >= 4 is 17.9 Å². The molecule has 1 aliphatic rings. The molecule has 1 atom stereocenters. The molecule has 25 heavy (non-hydrogen) atoms. The molecule has 5 nitrogen and oxygen atoms in total. The van der Waals surface area contributed by atoms with Crippen molar-refractivity contribution in [1.29, 1.82) is 0 Å². The first kappa shape index (κ1) is 16.9. The second-order valence-corrected chi connectivity index (χ2v) is 6.23. The van der Waals surface area contributed by atoms with E-state index < -0.39 is 5.91 Å². The summed E-state index contributed by atoms with van der Waals surface area (Å²) in [6.07, 6.45) is 7.15. The number of hydrogen-bond donors (Lipinski definition) is 1. The third kappa shape index (κ3) is 4.12. The van der Waals surface area contributed by atoms with Crippen LogP contribution in [0, 0.1) is 0 Å². The Kier molecular flexibility index (Phi) is 4.93. The number of nitrogens with zero attached hydrogens (tertiary/aromatic N) is 2. The van der Waals surface area contributed by atoms with Gasteiger partial charge in [-0.1, -0.05) is 18.2 Å². The Labute approximate surface area is 147 Å². The Bertz CT molecular complexity index is 780. The number of nitrogens with two attached hydrogens (primary N) is 1. The second kappa shape index (κ2) is 7.30. The topological polar surface area (TPSA) is 76.3 Å². The van der Waals surface area contributed by atoms with E-state index in [-0.39, 0.29) is 18.0 Å². The lowest BCUT2D eigenvalue weighted by molar-refractivity contribution is -0.128. The molecule has 3 rings (SSSR count). The van der Waals surface area contributed by atoms with E-state index >= 15 is 0 Å². The van der Waals surface area contributed by atoms with Crippen LogP contribution in [0.3, 0.4) is 0 Å². The van der Waals surface area contributed by atoms with Gasteiger partial charge in [0, 0.05) is 23.9 Å².